The maximum Gasteiger partial charge on any atom is 0.323 e. The van der Waals surface area contributed by atoms with Crippen molar-refractivity contribution in [2.24, 2.45) is 0 Å². The van der Waals surface area contributed by atoms with Gasteiger partial charge in [-0.05, 0) is 55.3 Å². The Hall–Kier alpha value is -3.46. The number of benzene rings is 2. The van der Waals surface area contributed by atoms with Gasteiger partial charge in [0.1, 0.15) is 12.4 Å². The first-order valence-electron chi connectivity index (χ1n) is 10.7. The number of hydrogen-bond acceptors (Lipinski definition) is 5. The van der Waals surface area contributed by atoms with Gasteiger partial charge < -0.3 is 10.0 Å². The quantitative estimate of drug-likeness (QED) is 0.664. The molecular formula is C25H21FN2O5S. The summed E-state index contributed by atoms with van der Waals surface area (Å²) < 4.78 is 15.0. The highest BCUT2D eigenvalue weighted by molar-refractivity contribution is 8.18. The number of carbonyl (C=O) groups excluding carboxylic acids is 3. The van der Waals surface area contributed by atoms with E-state index in [4.69, 9.17) is 5.11 Å². The first-order chi connectivity index (χ1) is 16.0. The highest BCUT2D eigenvalue weighted by Crippen LogP contribution is 2.57. The van der Waals surface area contributed by atoms with Gasteiger partial charge >= 0.3 is 5.97 Å². The Morgan fingerprint density at radius 2 is 1.76 bits per heavy atom. The second kappa shape index (κ2) is 7.27. The van der Waals surface area contributed by atoms with Crippen LogP contribution in [0.5, 0.6) is 0 Å². The van der Waals surface area contributed by atoms with Crippen LogP contribution in [0.4, 0.5) is 14.9 Å². The molecule has 1 fully saturated rings. The fourth-order valence-corrected chi connectivity index (χ4v) is 6.43. The van der Waals surface area contributed by atoms with E-state index in [9.17, 15) is 19.2 Å². The summed E-state index contributed by atoms with van der Waals surface area (Å²) in [6.07, 6.45) is 0.499. The Bertz CT molecular complexity index is 1340. The van der Waals surface area contributed by atoms with Crippen LogP contribution in [0.25, 0.3) is 5.57 Å². The molecule has 3 aliphatic rings. The summed E-state index contributed by atoms with van der Waals surface area (Å²) in [5.41, 5.74) is 0.994. The summed E-state index contributed by atoms with van der Waals surface area (Å²) in [7, 11) is 0. The van der Waals surface area contributed by atoms with Crippen LogP contribution in [-0.4, -0.2) is 45.1 Å². The number of carboxylic acid groups (broad SMARTS) is 1. The van der Waals surface area contributed by atoms with E-state index in [1.165, 1.54) is 12.1 Å². The monoisotopic (exact) mass is 480 g/mol. The van der Waals surface area contributed by atoms with E-state index in [0.717, 1.165) is 5.56 Å². The molecule has 3 heterocycles. The number of amides is 3. The number of aliphatic carboxylic acids is 1. The van der Waals surface area contributed by atoms with Gasteiger partial charge in [-0.2, -0.15) is 0 Å². The molecule has 34 heavy (non-hydrogen) atoms. The average molecular weight is 481 g/mol. The maximum absolute atomic E-state index is 15.0. The summed E-state index contributed by atoms with van der Waals surface area (Å²) >= 11 is 0.513. The number of carbonyl (C=O) groups is 4. The predicted octanol–water partition coefficient (Wildman–Crippen LogP) is 4.15. The molecule has 1 atom stereocenters. The van der Waals surface area contributed by atoms with Crippen molar-refractivity contribution in [3.63, 3.8) is 0 Å². The molecule has 174 valence electrons. The molecule has 0 aromatic heterocycles. The fraction of sp³-hybridized carbons (Fsp3) is 0.280. The molecule has 9 heteroatoms. The van der Waals surface area contributed by atoms with E-state index in [1.54, 1.807) is 4.90 Å². The zero-order valence-electron chi connectivity index (χ0n) is 18.7. The van der Waals surface area contributed by atoms with Crippen LogP contribution < -0.4 is 4.90 Å². The van der Waals surface area contributed by atoms with Gasteiger partial charge in [-0.25, -0.2) is 4.39 Å². The summed E-state index contributed by atoms with van der Waals surface area (Å²) in [5.74, 6) is -3.27. The van der Waals surface area contributed by atoms with Gasteiger partial charge in [0.25, 0.3) is 17.1 Å². The minimum Gasteiger partial charge on any atom is -0.480 e. The Kier molecular flexibility index (Phi) is 4.77. The van der Waals surface area contributed by atoms with Crippen LogP contribution >= 0.6 is 11.8 Å². The second-order valence-corrected chi connectivity index (χ2v) is 10.5. The first-order valence-corrected chi connectivity index (χ1v) is 11.5. The summed E-state index contributed by atoms with van der Waals surface area (Å²) in [6, 6.07) is 12.3. The van der Waals surface area contributed by atoms with Gasteiger partial charge in [0.05, 0.1) is 16.2 Å². The fourth-order valence-electron chi connectivity index (χ4n) is 5.50. The highest BCUT2D eigenvalue weighted by atomic mass is 32.2. The van der Waals surface area contributed by atoms with Crippen molar-refractivity contribution in [1.29, 1.82) is 0 Å². The zero-order chi connectivity index (χ0) is 24.6. The van der Waals surface area contributed by atoms with Crippen LogP contribution in [0.15, 0.2) is 47.4 Å². The molecule has 3 aliphatic heterocycles. The highest BCUT2D eigenvalue weighted by Gasteiger charge is 2.54. The largest absolute Gasteiger partial charge is 0.480 e. The lowest BCUT2D eigenvalue weighted by atomic mass is 9.65. The number of imide groups is 1. The SMILES string of the molecule is CC1(c2ccccc2)CC(C)(C)N2C(=O)C(=C3SC(=O)N(CC(=O)O)C3=O)c3cc(F)cc1c32. The van der Waals surface area contributed by atoms with Gasteiger partial charge in [0.15, 0.2) is 0 Å². The predicted molar refractivity (Wildman–Crippen MR) is 125 cm³/mol. The summed E-state index contributed by atoms with van der Waals surface area (Å²) in [5, 5.41) is 8.29. The van der Waals surface area contributed by atoms with Crippen molar-refractivity contribution < 1.29 is 28.7 Å². The molecular weight excluding hydrogens is 459 g/mol. The van der Waals surface area contributed by atoms with Crippen molar-refractivity contribution in [3.8, 4) is 0 Å². The Morgan fingerprint density at radius 3 is 2.41 bits per heavy atom. The number of halogens is 1. The number of nitrogens with zero attached hydrogens (tertiary/aromatic N) is 2. The van der Waals surface area contributed by atoms with E-state index >= 15 is 4.39 Å². The standard InChI is InChI=1S/C25H21FN2O5S/c1-24(2)12-25(3,13-7-5-4-6-8-13)16-10-14(26)9-15-18(21(31)28(24)19(15)16)20-22(32)27(11-17(29)30)23(33)34-20/h4-10H,11-12H2,1-3H3,(H,29,30). The van der Waals surface area contributed by atoms with E-state index in [-0.39, 0.29) is 16.0 Å². The van der Waals surface area contributed by atoms with Crippen LogP contribution in [0.1, 0.15) is 43.9 Å². The van der Waals surface area contributed by atoms with E-state index in [0.29, 0.717) is 34.3 Å². The van der Waals surface area contributed by atoms with Gasteiger partial charge in [-0.3, -0.25) is 24.1 Å². The van der Waals surface area contributed by atoms with E-state index in [1.807, 2.05) is 51.1 Å². The van der Waals surface area contributed by atoms with Crippen molar-refractivity contribution in [2.45, 2.75) is 38.1 Å². The van der Waals surface area contributed by atoms with Gasteiger partial charge in [-0.15, -0.1) is 0 Å². The van der Waals surface area contributed by atoms with Crippen molar-refractivity contribution in [2.75, 3.05) is 11.4 Å². The summed E-state index contributed by atoms with van der Waals surface area (Å²) in [4.78, 5) is 52.3. The van der Waals surface area contributed by atoms with Gasteiger partial charge in [-0.1, -0.05) is 37.3 Å². The topological polar surface area (TPSA) is 95.0 Å². The molecule has 0 bridgehead atoms. The van der Waals surface area contributed by atoms with E-state index in [2.05, 4.69) is 0 Å². The lowest BCUT2D eigenvalue weighted by molar-refractivity contribution is -0.140. The minimum absolute atomic E-state index is 0.0580. The number of thioether (sulfide) groups is 1. The zero-order valence-corrected chi connectivity index (χ0v) is 19.5. The van der Waals surface area contributed by atoms with Crippen molar-refractivity contribution in [3.05, 3.63) is 69.9 Å². The molecule has 1 unspecified atom stereocenters. The third kappa shape index (κ3) is 3.03. The molecule has 7 nitrogen and oxygen atoms in total. The van der Waals surface area contributed by atoms with Crippen LogP contribution in [-0.2, 0) is 19.8 Å². The first kappa shape index (κ1) is 22.3. The van der Waals surface area contributed by atoms with Gasteiger partial charge in [0.2, 0.25) is 0 Å². The number of hydrogen-bond donors (Lipinski definition) is 1. The van der Waals surface area contributed by atoms with Crippen molar-refractivity contribution in [1.82, 2.24) is 4.90 Å². The van der Waals surface area contributed by atoms with Crippen LogP contribution in [0.2, 0.25) is 0 Å². The molecule has 5 rings (SSSR count). The van der Waals surface area contributed by atoms with Gasteiger partial charge in [0, 0.05) is 16.5 Å². The Balaban J connectivity index is 1.78. The molecule has 1 saturated heterocycles. The third-order valence-electron chi connectivity index (χ3n) is 6.75. The number of anilines is 1. The maximum atomic E-state index is 15.0. The molecule has 0 saturated carbocycles. The second-order valence-electron chi connectivity index (χ2n) is 9.53. The molecule has 3 amide bonds. The smallest absolute Gasteiger partial charge is 0.323 e. The average Bonchev–Trinajstić information content (AvgIpc) is 3.20. The lowest BCUT2D eigenvalue weighted by Gasteiger charge is -2.49. The lowest BCUT2D eigenvalue weighted by Crippen LogP contribution is -2.54. The van der Waals surface area contributed by atoms with Crippen LogP contribution in [0, 0.1) is 5.82 Å². The molecule has 0 aliphatic carbocycles. The molecule has 0 spiro atoms. The van der Waals surface area contributed by atoms with Crippen molar-refractivity contribution >= 4 is 46.0 Å². The van der Waals surface area contributed by atoms with E-state index < -0.39 is 46.3 Å². The summed E-state index contributed by atoms with van der Waals surface area (Å²) in [6.45, 7) is 5.04. The molecule has 2 aromatic carbocycles. The van der Waals surface area contributed by atoms with Crippen LogP contribution in [0.3, 0.4) is 0 Å². The third-order valence-corrected chi connectivity index (χ3v) is 7.73. The molecule has 0 radical (unpaired) electrons. The molecule has 2 aromatic rings. The number of rotatable bonds is 3. The Morgan fingerprint density at radius 1 is 1.09 bits per heavy atom. The number of carboxylic acids is 1. The normalized spacial score (nSPS) is 25.2. The molecule has 1 N–H and O–H groups in total. The minimum atomic E-state index is -1.35. The Labute approximate surface area is 199 Å².